The van der Waals surface area contributed by atoms with E-state index in [1.807, 2.05) is 0 Å². The van der Waals surface area contributed by atoms with E-state index in [-0.39, 0.29) is 1.43 Å². The second-order valence-electron chi connectivity index (χ2n) is 5.75. The van der Waals surface area contributed by atoms with Crippen molar-refractivity contribution in [1.82, 2.24) is 0 Å². The van der Waals surface area contributed by atoms with E-state index in [2.05, 4.69) is 78.9 Å². The maximum absolute atomic E-state index is 10.7. The van der Waals surface area contributed by atoms with Gasteiger partial charge in [0.1, 0.15) is 0 Å². The average Bonchev–Trinajstić information content (AvgIpc) is 2.44. The molecule has 0 heterocycles. The maximum atomic E-state index is 9.87. The van der Waals surface area contributed by atoms with Crippen molar-refractivity contribution in [3.8, 4) is 11.1 Å². The Labute approximate surface area is 157 Å². The van der Waals surface area contributed by atoms with Crippen LogP contribution in [0.1, 0.15) is 32.3 Å². The van der Waals surface area contributed by atoms with Crippen molar-refractivity contribution in [1.29, 1.82) is 0 Å². The zero-order valence-electron chi connectivity index (χ0n) is 14.5. The summed E-state index contributed by atoms with van der Waals surface area (Å²) in [6.07, 6.45) is 0. The number of hydrogen-bond donors (Lipinski definition) is 1. The summed E-state index contributed by atoms with van der Waals surface area (Å²) in [5, 5.41) is 0. The molecule has 9 heteroatoms. The average molecular weight is 497 g/mol. The topological polar surface area (TPSA) is 26.0 Å². The Kier molecular flexibility index (Phi) is 6.25. The van der Waals surface area contributed by atoms with Crippen molar-refractivity contribution in [2.75, 3.05) is 0 Å². The summed E-state index contributed by atoms with van der Waals surface area (Å²) in [4.78, 5) is 0. The van der Waals surface area contributed by atoms with Gasteiger partial charge in [0, 0.05) is 10.1 Å². The van der Waals surface area contributed by atoms with Gasteiger partial charge in [-0.25, -0.2) is 0 Å². The fraction of sp³-hybridized carbons (Fsp3) is 0.250. The molecule has 0 aliphatic carbocycles. The Morgan fingerprint density at radius 2 is 1.44 bits per heavy atom. The largest absolute Gasteiger partial charge is 1.00 e. The van der Waals surface area contributed by atoms with E-state index in [4.69, 9.17) is 5.73 Å². The Balaban J connectivity index is 0.000000673. The maximum Gasteiger partial charge on any atom is 1.00 e. The van der Waals surface area contributed by atoms with Crippen molar-refractivity contribution >= 4 is 30.4 Å². The van der Waals surface area contributed by atoms with Crippen LogP contribution in [0.4, 0.5) is 25.2 Å². The first-order valence-electron chi connectivity index (χ1n) is 7.22. The first kappa shape index (κ1) is 22.2. The third-order valence-corrected chi connectivity index (χ3v) is 4.10. The van der Waals surface area contributed by atoms with Gasteiger partial charge in [0.15, 0.2) is 0 Å². The molecule has 1 nitrogen and oxygen atoms in total. The smallest absolute Gasteiger partial charge is 1.00 e. The Bertz CT molecular complexity index is 721. The molecule has 0 saturated heterocycles. The van der Waals surface area contributed by atoms with Crippen LogP contribution in [0, 0.1) is 3.57 Å². The molecule has 2 rings (SSSR count). The molecule has 25 heavy (non-hydrogen) atoms. The second kappa shape index (κ2) is 7.04. The molecule has 0 bridgehead atoms. The molecule has 0 amide bonds. The van der Waals surface area contributed by atoms with Crippen molar-refractivity contribution in [3.63, 3.8) is 0 Å². The standard InChI is InChI=1S/C16H18IN.F6P/c1-11(2)14-7-8-16(17)15(9-14)13-5-3-12(10-18)4-6-13;1-7(2,3,4,5)6/h3-9,11H,10,18H2,1-2H3;/q;-1/p+1. The predicted molar refractivity (Wildman–Crippen MR) is 101 cm³/mol. The van der Waals surface area contributed by atoms with Crippen LogP contribution in [0.25, 0.3) is 11.1 Å². The molecule has 0 aromatic heterocycles. The molecule has 0 atom stereocenters. The summed E-state index contributed by atoms with van der Waals surface area (Å²) in [7, 11) is -10.7. The number of halogens is 7. The Hall–Kier alpha value is -0.860. The summed E-state index contributed by atoms with van der Waals surface area (Å²) in [6, 6.07) is 15.2. The molecular formula is C16H19F6INP. The summed E-state index contributed by atoms with van der Waals surface area (Å²) >= 11 is 2.40. The van der Waals surface area contributed by atoms with Gasteiger partial charge in [-0.2, -0.15) is 0 Å². The fourth-order valence-corrected chi connectivity index (χ4v) is 2.59. The molecule has 142 valence electrons. The van der Waals surface area contributed by atoms with E-state index in [1.165, 1.54) is 25.8 Å². The molecule has 0 aliphatic rings. The monoisotopic (exact) mass is 497 g/mol. The van der Waals surface area contributed by atoms with Crippen molar-refractivity contribution < 1.29 is 26.6 Å². The third-order valence-electron chi connectivity index (χ3n) is 3.16. The Morgan fingerprint density at radius 1 is 0.960 bits per heavy atom. The van der Waals surface area contributed by atoms with Crippen LogP contribution in [0.3, 0.4) is 0 Å². The number of hydrogen-bond acceptors (Lipinski definition) is 1. The van der Waals surface area contributed by atoms with E-state index in [0.29, 0.717) is 12.5 Å². The van der Waals surface area contributed by atoms with E-state index in [1.54, 1.807) is 0 Å². The van der Waals surface area contributed by atoms with Gasteiger partial charge < -0.3 is 5.73 Å². The van der Waals surface area contributed by atoms with E-state index < -0.39 is 7.81 Å². The number of rotatable bonds is 3. The van der Waals surface area contributed by atoms with Crippen LogP contribution >= 0.6 is 30.4 Å². The van der Waals surface area contributed by atoms with Crippen LogP contribution in [-0.2, 0) is 6.54 Å². The third kappa shape index (κ3) is 10.0. The van der Waals surface area contributed by atoms with Crippen molar-refractivity contribution in [2.24, 2.45) is 5.73 Å². The van der Waals surface area contributed by atoms with Gasteiger partial charge in [-0.15, -0.1) is 0 Å². The minimum absolute atomic E-state index is 0. The quantitative estimate of drug-likeness (QED) is 0.259. The molecule has 2 aromatic carbocycles. The minimum Gasteiger partial charge on any atom is 1.00 e. The fourth-order valence-electron chi connectivity index (χ4n) is 1.94. The summed E-state index contributed by atoms with van der Waals surface area (Å²) in [5.74, 6) is 0.559. The van der Waals surface area contributed by atoms with E-state index in [0.717, 1.165) is 0 Å². The number of benzene rings is 2. The van der Waals surface area contributed by atoms with Gasteiger partial charge in [0.25, 0.3) is 0 Å². The van der Waals surface area contributed by atoms with Crippen molar-refractivity contribution in [2.45, 2.75) is 26.3 Å². The first-order valence-corrected chi connectivity index (χ1v) is 10.3. The Morgan fingerprint density at radius 3 is 1.84 bits per heavy atom. The molecule has 0 saturated carbocycles. The second-order valence-corrected chi connectivity index (χ2v) is 8.83. The molecule has 0 unspecified atom stereocenters. The molecule has 2 aromatic rings. The molecule has 2 N–H and O–H groups in total. The minimum atomic E-state index is -10.7. The molecule has 0 spiro atoms. The van der Waals surface area contributed by atoms with Gasteiger partial charge >= 0.3 is 34.4 Å². The van der Waals surface area contributed by atoms with E-state index in [9.17, 15) is 25.2 Å². The normalized spacial score (nSPS) is 14.4. The van der Waals surface area contributed by atoms with Gasteiger partial charge in [0.05, 0.1) is 0 Å². The summed E-state index contributed by atoms with van der Waals surface area (Å²) in [6.45, 7) is 5.05. The number of nitrogens with two attached hydrogens (primary N) is 1. The van der Waals surface area contributed by atoms with Crippen molar-refractivity contribution in [3.05, 3.63) is 57.2 Å². The van der Waals surface area contributed by atoms with Crippen LogP contribution in [0.15, 0.2) is 42.5 Å². The van der Waals surface area contributed by atoms with Crippen LogP contribution in [-0.4, -0.2) is 0 Å². The molecule has 0 aliphatic heterocycles. The van der Waals surface area contributed by atoms with Crippen LogP contribution in [0.5, 0.6) is 0 Å². The molecule has 0 radical (unpaired) electrons. The van der Waals surface area contributed by atoms with Gasteiger partial charge in [0.2, 0.25) is 0 Å². The molecule has 0 fully saturated rings. The van der Waals surface area contributed by atoms with Gasteiger partial charge in [-0.05, 0) is 62.9 Å². The van der Waals surface area contributed by atoms with Crippen LogP contribution in [0.2, 0.25) is 0 Å². The summed E-state index contributed by atoms with van der Waals surface area (Å²) in [5.41, 5.74) is 10.8. The predicted octanol–water partition coefficient (Wildman–Crippen LogP) is 8.04. The summed E-state index contributed by atoms with van der Waals surface area (Å²) < 4.78 is 60.5. The zero-order valence-corrected chi connectivity index (χ0v) is 16.5. The first-order chi connectivity index (χ1) is 11.1. The van der Waals surface area contributed by atoms with Gasteiger partial charge in [-0.3, -0.25) is 0 Å². The SMILES string of the molecule is CC(C)c1ccc(I)c(-c2ccc(CN)cc2)c1.F[P-](F)(F)(F)(F)F.[H+]. The zero-order chi connectivity index (χ0) is 19.5. The van der Waals surface area contributed by atoms with Gasteiger partial charge in [-0.1, -0.05) is 44.2 Å². The molecular weight excluding hydrogens is 478 g/mol. The van der Waals surface area contributed by atoms with E-state index >= 15 is 0 Å². The van der Waals surface area contributed by atoms with Crippen LogP contribution < -0.4 is 5.73 Å².